The molecule has 0 spiro atoms. The highest BCUT2D eigenvalue weighted by atomic mass is 16.2. The normalized spacial score (nSPS) is 14.8. The van der Waals surface area contributed by atoms with Gasteiger partial charge in [-0.15, -0.1) is 0 Å². The molecule has 0 N–H and O–H groups in total. The minimum Gasteiger partial charge on any atom is -0.344 e. The minimum atomic E-state index is -0.0772. The first-order valence-electron chi connectivity index (χ1n) is 9.80. The van der Waals surface area contributed by atoms with E-state index in [0.29, 0.717) is 37.3 Å². The largest absolute Gasteiger partial charge is 0.344 e. The molecule has 1 aromatic heterocycles. The van der Waals surface area contributed by atoms with E-state index < -0.39 is 0 Å². The van der Waals surface area contributed by atoms with Crippen LogP contribution in [-0.2, 0) is 4.79 Å². The number of rotatable bonds is 3. The summed E-state index contributed by atoms with van der Waals surface area (Å²) in [4.78, 5) is 29.1. The van der Waals surface area contributed by atoms with E-state index in [0.717, 1.165) is 16.9 Å². The highest BCUT2D eigenvalue weighted by Gasteiger charge is 2.29. The van der Waals surface area contributed by atoms with Crippen LogP contribution in [0.5, 0.6) is 0 Å². The second kappa shape index (κ2) is 7.91. The third-order valence-corrected chi connectivity index (χ3v) is 5.39. The topological polar surface area (TPSA) is 58.4 Å². The number of nitrogens with zero attached hydrogens (tertiary/aromatic N) is 4. The van der Waals surface area contributed by atoms with E-state index in [2.05, 4.69) is 0 Å². The smallest absolute Gasteiger partial charge is 0.258 e. The van der Waals surface area contributed by atoms with Gasteiger partial charge in [0.1, 0.15) is 5.69 Å². The first-order chi connectivity index (χ1) is 14.1. The predicted octanol–water partition coefficient (Wildman–Crippen LogP) is 3.15. The van der Waals surface area contributed by atoms with Crippen molar-refractivity contribution in [3.63, 3.8) is 0 Å². The van der Waals surface area contributed by atoms with Crippen LogP contribution in [0.4, 0.5) is 0 Å². The molecule has 6 heteroatoms. The molecule has 1 fully saturated rings. The molecule has 1 aliphatic rings. The maximum absolute atomic E-state index is 13.6. The SMILES string of the molecule is Cc1c(C(=O)N2CCC(=O)N(C)CC2)c(-c2ccccc2)nn1-c1ccccc1. The Bertz CT molecular complexity index is 1030. The van der Waals surface area contributed by atoms with Gasteiger partial charge in [0.05, 0.1) is 16.9 Å². The van der Waals surface area contributed by atoms with Crippen LogP contribution in [0.1, 0.15) is 22.5 Å². The highest BCUT2D eigenvalue weighted by molar-refractivity contribution is 6.01. The summed E-state index contributed by atoms with van der Waals surface area (Å²) < 4.78 is 1.82. The zero-order chi connectivity index (χ0) is 20.4. The van der Waals surface area contributed by atoms with E-state index in [1.807, 2.05) is 72.3 Å². The van der Waals surface area contributed by atoms with Crippen molar-refractivity contribution < 1.29 is 9.59 Å². The molecule has 29 heavy (non-hydrogen) atoms. The molecule has 3 aromatic rings. The molecule has 2 amide bonds. The summed E-state index contributed by atoms with van der Waals surface area (Å²) in [5.74, 6) is -0.00748. The van der Waals surface area contributed by atoms with E-state index in [-0.39, 0.29) is 11.8 Å². The average molecular weight is 388 g/mol. The Kier molecular flexibility index (Phi) is 5.16. The van der Waals surface area contributed by atoms with Crippen molar-refractivity contribution in [3.8, 4) is 16.9 Å². The molecule has 2 heterocycles. The van der Waals surface area contributed by atoms with Crippen molar-refractivity contribution in [2.24, 2.45) is 0 Å². The van der Waals surface area contributed by atoms with E-state index >= 15 is 0 Å². The molecule has 0 saturated carbocycles. The lowest BCUT2D eigenvalue weighted by atomic mass is 10.0. The third kappa shape index (κ3) is 3.66. The zero-order valence-corrected chi connectivity index (χ0v) is 16.7. The number of aromatic nitrogens is 2. The second-order valence-electron chi connectivity index (χ2n) is 7.28. The molecule has 148 valence electrons. The number of carbonyl (C=O) groups is 2. The summed E-state index contributed by atoms with van der Waals surface area (Å²) in [7, 11) is 1.78. The summed E-state index contributed by atoms with van der Waals surface area (Å²) in [5.41, 5.74) is 3.87. The monoisotopic (exact) mass is 388 g/mol. The van der Waals surface area contributed by atoms with Crippen molar-refractivity contribution in [3.05, 3.63) is 71.9 Å². The number of likely N-dealkylation sites (N-methyl/N-ethyl adjacent to an activating group) is 1. The Morgan fingerprint density at radius 1 is 0.931 bits per heavy atom. The molecule has 6 nitrogen and oxygen atoms in total. The van der Waals surface area contributed by atoms with Crippen molar-refractivity contribution in [2.75, 3.05) is 26.7 Å². The van der Waals surface area contributed by atoms with Crippen molar-refractivity contribution in [1.82, 2.24) is 19.6 Å². The van der Waals surface area contributed by atoms with Gasteiger partial charge in [-0.3, -0.25) is 9.59 Å². The molecule has 4 rings (SSSR count). The summed E-state index contributed by atoms with van der Waals surface area (Å²) in [6.07, 6.45) is 0.342. The van der Waals surface area contributed by atoms with Gasteiger partial charge in [0.15, 0.2) is 0 Å². The lowest BCUT2D eigenvalue weighted by Crippen LogP contribution is -2.35. The lowest BCUT2D eigenvalue weighted by molar-refractivity contribution is -0.129. The molecule has 0 radical (unpaired) electrons. The van der Waals surface area contributed by atoms with Crippen LogP contribution in [0, 0.1) is 6.92 Å². The molecule has 0 unspecified atom stereocenters. The Morgan fingerprint density at radius 2 is 1.59 bits per heavy atom. The Balaban J connectivity index is 1.80. The molecule has 2 aromatic carbocycles. The van der Waals surface area contributed by atoms with Gasteiger partial charge in [-0.25, -0.2) is 4.68 Å². The van der Waals surface area contributed by atoms with E-state index in [1.54, 1.807) is 16.8 Å². The first-order valence-corrected chi connectivity index (χ1v) is 9.80. The molecule has 1 aliphatic heterocycles. The van der Waals surface area contributed by atoms with Crippen molar-refractivity contribution in [2.45, 2.75) is 13.3 Å². The van der Waals surface area contributed by atoms with E-state index in [1.165, 1.54) is 0 Å². The van der Waals surface area contributed by atoms with Gasteiger partial charge in [0.2, 0.25) is 5.91 Å². The summed E-state index contributed by atoms with van der Waals surface area (Å²) >= 11 is 0. The number of hydrogen-bond acceptors (Lipinski definition) is 3. The van der Waals surface area contributed by atoms with Gasteiger partial charge in [0, 0.05) is 38.7 Å². The van der Waals surface area contributed by atoms with Gasteiger partial charge in [-0.2, -0.15) is 5.10 Å². The maximum Gasteiger partial charge on any atom is 0.258 e. The van der Waals surface area contributed by atoms with Gasteiger partial charge < -0.3 is 9.80 Å². The summed E-state index contributed by atoms with van der Waals surface area (Å²) in [6.45, 7) is 3.41. The highest BCUT2D eigenvalue weighted by Crippen LogP contribution is 2.28. The van der Waals surface area contributed by atoms with E-state index in [4.69, 9.17) is 5.10 Å². The number of benzene rings is 2. The van der Waals surface area contributed by atoms with Crippen LogP contribution in [0.2, 0.25) is 0 Å². The quantitative estimate of drug-likeness (QED) is 0.693. The predicted molar refractivity (Wildman–Crippen MR) is 112 cm³/mol. The lowest BCUT2D eigenvalue weighted by Gasteiger charge is -2.21. The van der Waals surface area contributed by atoms with Crippen LogP contribution < -0.4 is 0 Å². The standard InChI is InChI=1S/C23H24N4O2/c1-17-21(23(29)26-14-13-20(28)25(2)15-16-26)22(18-9-5-3-6-10-18)24-27(17)19-11-7-4-8-12-19/h3-12H,13-16H2,1-2H3. The van der Waals surface area contributed by atoms with Gasteiger partial charge in [-0.05, 0) is 19.1 Å². The fourth-order valence-electron chi connectivity index (χ4n) is 3.67. The van der Waals surface area contributed by atoms with Crippen LogP contribution in [-0.4, -0.2) is 58.1 Å². The van der Waals surface area contributed by atoms with E-state index in [9.17, 15) is 9.59 Å². The Labute approximate surface area is 170 Å². The number of hydrogen-bond donors (Lipinski definition) is 0. The van der Waals surface area contributed by atoms with Gasteiger partial charge in [-0.1, -0.05) is 48.5 Å². The molecular weight excluding hydrogens is 364 g/mol. The fourth-order valence-corrected chi connectivity index (χ4v) is 3.67. The van der Waals surface area contributed by atoms with Crippen molar-refractivity contribution >= 4 is 11.8 Å². The van der Waals surface area contributed by atoms with Gasteiger partial charge in [0.25, 0.3) is 5.91 Å². The molecule has 0 aliphatic carbocycles. The minimum absolute atomic E-state index is 0.0697. The van der Waals surface area contributed by atoms with Crippen LogP contribution in [0.15, 0.2) is 60.7 Å². The number of para-hydroxylation sites is 1. The first kappa shape index (κ1) is 18.9. The third-order valence-electron chi connectivity index (χ3n) is 5.39. The fraction of sp³-hybridized carbons (Fsp3) is 0.261. The molecular formula is C23H24N4O2. The summed E-state index contributed by atoms with van der Waals surface area (Å²) in [6, 6.07) is 19.6. The van der Waals surface area contributed by atoms with Crippen LogP contribution in [0.25, 0.3) is 16.9 Å². The number of carbonyl (C=O) groups excluding carboxylic acids is 2. The second-order valence-corrected chi connectivity index (χ2v) is 7.28. The van der Waals surface area contributed by atoms with Crippen LogP contribution in [0.3, 0.4) is 0 Å². The zero-order valence-electron chi connectivity index (χ0n) is 16.7. The van der Waals surface area contributed by atoms with Crippen molar-refractivity contribution in [1.29, 1.82) is 0 Å². The molecule has 1 saturated heterocycles. The average Bonchev–Trinajstić information content (AvgIpc) is 3.01. The molecule has 0 bridgehead atoms. The van der Waals surface area contributed by atoms with Crippen LogP contribution >= 0.6 is 0 Å². The summed E-state index contributed by atoms with van der Waals surface area (Å²) in [5, 5.41) is 4.81. The number of amides is 2. The Morgan fingerprint density at radius 3 is 2.28 bits per heavy atom. The molecule has 0 atom stereocenters. The maximum atomic E-state index is 13.6. The van der Waals surface area contributed by atoms with Gasteiger partial charge >= 0.3 is 0 Å². The Hall–Kier alpha value is -3.41.